The third-order valence-corrected chi connectivity index (χ3v) is 4.70. The second kappa shape index (κ2) is 5.75. The van der Waals surface area contributed by atoms with E-state index in [2.05, 4.69) is 32.7 Å². The van der Waals surface area contributed by atoms with E-state index in [4.69, 9.17) is 5.84 Å². The van der Waals surface area contributed by atoms with Crippen molar-refractivity contribution < 1.29 is 0 Å². The number of hydrazine groups is 1. The molecule has 6 heteroatoms. The molecule has 4 aromatic rings. The van der Waals surface area contributed by atoms with Gasteiger partial charge in [-0.3, -0.25) is 4.98 Å². The highest BCUT2D eigenvalue weighted by molar-refractivity contribution is 7.18. The average molecular weight is 319 g/mol. The van der Waals surface area contributed by atoms with E-state index >= 15 is 0 Å². The van der Waals surface area contributed by atoms with E-state index in [0.29, 0.717) is 5.82 Å². The van der Waals surface area contributed by atoms with E-state index in [-0.39, 0.29) is 0 Å². The summed E-state index contributed by atoms with van der Waals surface area (Å²) >= 11 is 1.65. The van der Waals surface area contributed by atoms with Gasteiger partial charge in [-0.05, 0) is 24.3 Å². The molecule has 0 bridgehead atoms. The lowest BCUT2D eigenvalue weighted by molar-refractivity contribution is 1.05. The Balaban J connectivity index is 1.86. The number of rotatable bonds is 3. The second-order valence-electron chi connectivity index (χ2n) is 4.97. The zero-order valence-corrected chi connectivity index (χ0v) is 12.9. The van der Waals surface area contributed by atoms with Gasteiger partial charge in [-0.2, -0.15) is 0 Å². The first-order valence-electron chi connectivity index (χ1n) is 7.10. The van der Waals surface area contributed by atoms with Crippen LogP contribution in [0.1, 0.15) is 0 Å². The molecular formula is C17H13N5S. The van der Waals surface area contributed by atoms with Crippen molar-refractivity contribution in [2.24, 2.45) is 5.84 Å². The fourth-order valence-corrected chi connectivity index (χ4v) is 3.49. The molecule has 5 nitrogen and oxygen atoms in total. The van der Waals surface area contributed by atoms with E-state index in [1.165, 1.54) is 0 Å². The zero-order valence-electron chi connectivity index (χ0n) is 12.1. The van der Waals surface area contributed by atoms with Crippen LogP contribution in [0.4, 0.5) is 5.82 Å². The zero-order chi connectivity index (χ0) is 15.6. The Bertz CT molecular complexity index is 965. The van der Waals surface area contributed by atoms with Crippen LogP contribution in [0.3, 0.4) is 0 Å². The number of nitrogens with one attached hydrogen (secondary N) is 1. The molecule has 0 radical (unpaired) electrons. The van der Waals surface area contributed by atoms with E-state index in [9.17, 15) is 0 Å². The first-order valence-corrected chi connectivity index (χ1v) is 7.92. The molecule has 0 atom stereocenters. The monoisotopic (exact) mass is 319 g/mol. The number of hydrogen-bond donors (Lipinski definition) is 2. The maximum atomic E-state index is 5.53. The van der Waals surface area contributed by atoms with Crippen LogP contribution in [-0.2, 0) is 0 Å². The molecule has 0 unspecified atom stereocenters. The summed E-state index contributed by atoms with van der Waals surface area (Å²) in [6.07, 6.45) is 1.80. The number of benzene rings is 1. The van der Waals surface area contributed by atoms with Crippen molar-refractivity contribution in [1.82, 2.24) is 15.2 Å². The van der Waals surface area contributed by atoms with Crippen molar-refractivity contribution in [3.63, 3.8) is 0 Å². The van der Waals surface area contributed by atoms with Gasteiger partial charge in [0.2, 0.25) is 0 Å². The Morgan fingerprint density at radius 1 is 0.826 bits per heavy atom. The smallest absolute Gasteiger partial charge is 0.170 e. The summed E-state index contributed by atoms with van der Waals surface area (Å²) in [4.78, 5) is 6.55. The predicted octanol–water partition coefficient (Wildman–Crippen LogP) is 3.71. The van der Waals surface area contributed by atoms with Crippen LogP contribution in [-0.4, -0.2) is 15.2 Å². The van der Waals surface area contributed by atoms with Crippen LogP contribution in [0.15, 0.2) is 60.8 Å². The van der Waals surface area contributed by atoms with Crippen molar-refractivity contribution >= 4 is 27.9 Å². The molecule has 23 heavy (non-hydrogen) atoms. The molecule has 3 N–H and O–H groups in total. The Kier molecular flexibility index (Phi) is 3.45. The lowest BCUT2D eigenvalue weighted by Crippen LogP contribution is -2.10. The fourth-order valence-electron chi connectivity index (χ4n) is 2.50. The van der Waals surface area contributed by atoms with Crippen molar-refractivity contribution in [1.29, 1.82) is 0 Å². The minimum Gasteiger partial charge on any atom is -0.306 e. The summed E-state index contributed by atoms with van der Waals surface area (Å²) in [5.74, 6) is 6.10. The predicted molar refractivity (Wildman–Crippen MR) is 93.9 cm³/mol. The quantitative estimate of drug-likeness (QED) is 0.445. The number of aromatic nitrogens is 3. The van der Waals surface area contributed by atoms with Gasteiger partial charge in [-0.25, -0.2) is 5.84 Å². The van der Waals surface area contributed by atoms with Crippen molar-refractivity contribution in [3.05, 3.63) is 60.8 Å². The molecule has 0 amide bonds. The number of fused-ring (bicyclic) bond motifs is 1. The van der Waals surface area contributed by atoms with E-state index in [1.54, 1.807) is 17.5 Å². The maximum absolute atomic E-state index is 5.53. The van der Waals surface area contributed by atoms with E-state index < -0.39 is 0 Å². The summed E-state index contributed by atoms with van der Waals surface area (Å²) in [6, 6.07) is 18.0. The van der Waals surface area contributed by atoms with Crippen LogP contribution in [0.25, 0.3) is 31.9 Å². The third-order valence-electron chi connectivity index (χ3n) is 3.58. The van der Waals surface area contributed by atoms with Gasteiger partial charge in [0.05, 0.1) is 15.4 Å². The number of nitrogens with zero attached hydrogens (tertiary/aromatic N) is 3. The first-order chi connectivity index (χ1) is 11.4. The number of thiophene rings is 1. The van der Waals surface area contributed by atoms with Crippen LogP contribution in [0.5, 0.6) is 0 Å². The molecule has 4 rings (SSSR count). The highest BCUT2D eigenvalue weighted by atomic mass is 32.1. The highest BCUT2D eigenvalue weighted by Crippen LogP contribution is 2.36. The Hall–Kier alpha value is -2.83. The Morgan fingerprint density at radius 3 is 2.39 bits per heavy atom. The summed E-state index contributed by atoms with van der Waals surface area (Å²) in [7, 11) is 0. The van der Waals surface area contributed by atoms with Gasteiger partial charge in [0.25, 0.3) is 0 Å². The topological polar surface area (TPSA) is 76.7 Å². The maximum Gasteiger partial charge on any atom is 0.170 e. The third kappa shape index (κ3) is 2.44. The van der Waals surface area contributed by atoms with Gasteiger partial charge < -0.3 is 5.43 Å². The first kappa shape index (κ1) is 13.8. The lowest BCUT2D eigenvalue weighted by atomic mass is 10.1. The number of nitrogen functional groups attached to an aromatic ring is 1. The normalized spacial score (nSPS) is 10.8. The molecule has 1 aromatic carbocycles. The molecule has 112 valence electrons. The van der Waals surface area contributed by atoms with Crippen LogP contribution in [0.2, 0.25) is 0 Å². The van der Waals surface area contributed by atoms with Crippen molar-refractivity contribution in [3.8, 4) is 21.1 Å². The summed E-state index contributed by atoms with van der Waals surface area (Å²) in [5, 5.41) is 10.5. The van der Waals surface area contributed by atoms with Gasteiger partial charge in [0.1, 0.15) is 5.69 Å². The number of hydrogen-bond acceptors (Lipinski definition) is 6. The van der Waals surface area contributed by atoms with Crippen LogP contribution >= 0.6 is 11.3 Å². The van der Waals surface area contributed by atoms with Gasteiger partial charge >= 0.3 is 0 Å². The van der Waals surface area contributed by atoms with Gasteiger partial charge in [0, 0.05) is 17.0 Å². The molecule has 0 saturated carbocycles. The van der Waals surface area contributed by atoms with Crippen molar-refractivity contribution in [2.75, 3.05) is 5.43 Å². The Labute approximate surface area is 136 Å². The largest absolute Gasteiger partial charge is 0.306 e. The van der Waals surface area contributed by atoms with E-state index in [0.717, 1.165) is 31.9 Å². The average Bonchev–Trinajstić information content (AvgIpc) is 3.11. The minimum absolute atomic E-state index is 0.575. The number of anilines is 1. The molecule has 0 saturated heterocycles. The standard InChI is InChI=1S/C17H13N5S/c18-20-17-12-6-2-1-5-11(12)16(21-22-17)15-9-8-14(23-15)13-7-3-4-10-19-13/h1-10H,18H2,(H,20,22). The van der Waals surface area contributed by atoms with Gasteiger partial charge in [-0.15, -0.1) is 21.5 Å². The number of nitrogens with two attached hydrogens (primary N) is 1. The molecule has 0 spiro atoms. The lowest BCUT2D eigenvalue weighted by Gasteiger charge is -2.07. The van der Waals surface area contributed by atoms with Gasteiger partial charge in [0.15, 0.2) is 5.82 Å². The molecule has 0 aliphatic carbocycles. The molecule has 0 aliphatic heterocycles. The molecule has 0 fully saturated rings. The van der Waals surface area contributed by atoms with Crippen molar-refractivity contribution in [2.45, 2.75) is 0 Å². The molecule has 3 heterocycles. The van der Waals surface area contributed by atoms with Gasteiger partial charge in [-0.1, -0.05) is 30.3 Å². The summed E-state index contributed by atoms with van der Waals surface area (Å²) in [6.45, 7) is 0. The Morgan fingerprint density at radius 2 is 1.61 bits per heavy atom. The highest BCUT2D eigenvalue weighted by Gasteiger charge is 2.13. The molecular weight excluding hydrogens is 306 g/mol. The van der Waals surface area contributed by atoms with Crippen LogP contribution < -0.4 is 11.3 Å². The van der Waals surface area contributed by atoms with Crippen LogP contribution in [0, 0.1) is 0 Å². The molecule has 0 aliphatic rings. The second-order valence-corrected chi connectivity index (χ2v) is 6.05. The summed E-state index contributed by atoms with van der Waals surface area (Å²) in [5.41, 5.74) is 4.41. The number of pyridine rings is 1. The minimum atomic E-state index is 0.575. The van der Waals surface area contributed by atoms with E-state index in [1.807, 2.05) is 42.5 Å². The summed E-state index contributed by atoms with van der Waals surface area (Å²) < 4.78 is 0. The molecule has 3 aromatic heterocycles. The SMILES string of the molecule is NNc1nnc(-c2ccc(-c3ccccn3)s2)c2ccccc12. The fraction of sp³-hybridized carbons (Fsp3) is 0.